The Balaban J connectivity index is 2.31. The van der Waals surface area contributed by atoms with Gasteiger partial charge in [-0.2, -0.15) is 0 Å². The van der Waals surface area contributed by atoms with Crippen molar-refractivity contribution in [1.82, 2.24) is 10.5 Å². The van der Waals surface area contributed by atoms with E-state index in [-0.39, 0.29) is 0 Å². The van der Waals surface area contributed by atoms with Crippen LogP contribution in [-0.4, -0.2) is 10.2 Å². The molecule has 0 spiro atoms. The Morgan fingerprint density at radius 2 is 2.14 bits per heavy atom. The highest BCUT2D eigenvalue weighted by atomic mass is 16.5. The van der Waals surface area contributed by atoms with Crippen molar-refractivity contribution in [1.29, 1.82) is 0 Å². The van der Waals surface area contributed by atoms with E-state index in [9.17, 15) is 0 Å². The van der Waals surface area contributed by atoms with Gasteiger partial charge in [0.05, 0.1) is 11.4 Å². The number of allylic oxidation sites excluding steroid dienone is 1. The second-order valence-corrected chi connectivity index (χ2v) is 3.46. The summed E-state index contributed by atoms with van der Waals surface area (Å²) in [6, 6.07) is 8.17. The molecule has 3 heteroatoms. The third-order valence-electron chi connectivity index (χ3n) is 2.71. The van der Waals surface area contributed by atoms with Gasteiger partial charge in [-0.25, -0.2) is 0 Å². The van der Waals surface area contributed by atoms with Crippen molar-refractivity contribution < 1.29 is 5.21 Å². The summed E-state index contributed by atoms with van der Waals surface area (Å²) in [5.74, 6) is 0. The van der Waals surface area contributed by atoms with Gasteiger partial charge in [-0.3, -0.25) is 10.7 Å². The molecule has 1 heterocycles. The second-order valence-electron chi connectivity index (χ2n) is 3.46. The molecule has 14 heavy (non-hydrogen) atoms. The summed E-state index contributed by atoms with van der Waals surface area (Å²) in [6.45, 7) is 0. The Bertz CT molecular complexity index is 525. The van der Waals surface area contributed by atoms with E-state index in [1.54, 1.807) is 0 Å². The lowest BCUT2D eigenvalue weighted by Crippen LogP contribution is -2.03. The van der Waals surface area contributed by atoms with Crippen molar-refractivity contribution in [2.75, 3.05) is 0 Å². The van der Waals surface area contributed by atoms with Crippen LogP contribution in [0.1, 0.15) is 11.3 Å². The number of hydroxylamine groups is 1. The highest BCUT2D eigenvalue weighted by molar-refractivity contribution is 5.91. The molecule has 3 rings (SSSR count). The molecule has 0 saturated carbocycles. The predicted molar refractivity (Wildman–Crippen MR) is 54.9 cm³/mol. The van der Waals surface area contributed by atoms with Gasteiger partial charge in [-0.05, 0) is 18.1 Å². The molecule has 0 amide bonds. The molecular weight excluding hydrogens is 176 g/mol. The molecule has 0 unspecified atom stereocenters. The summed E-state index contributed by atoms with van der Waals surface area (Å²) >= 11 is 0. The second kappa shape index (κ2) is 2.62. The van der Waals surface area contributed by atoms with Crippen LogP contribution in [0, 0.1) is 0 Å². The zero-order valence-electron chi connectivity index (χ0n) is 7.54. The standard InChI is InChI=1S/C11H10N2O/c14-13-10-6-5-8-7-3-1-2-4-9(7)12-11(8)10/h1-4,6,12-14H,5H2. The number of nitrogens with one attached hydrogen (secondary N) is 2. The summed E-state index contributed by atoms with van der Waals surface area (Å²) in [4.78, 5) is 3.29. The average molecular weight is 186 g/mol. The molecule has 3 N–H and O–H groups in total. The van der Waals surface area contributed by atoms with E-state index in [1.165, 1.54) is 10.9 Å². The fourth-order valence-corrected chi connectivity index (χ4v) is 2.05. The maximum atomic E-state index is 8.90. The van der Waals surface area contributed by atoms with E-state index < -0.39 is 0 Å². The first-order chi connectivity index (χ1) is 6.90. The van der Waals surface area contributed by atoms with Gasteiger partial charge in [0.1, 0.15) is 0 Å². The molecule has 1 aliphatic rings. The van der Waals surface area contributed by atoms with Gasteiger partial charge in [0, 0.05) is 10.9 Å². The van der Waals surface area contributed by atoms with Crippen LogP contribution >= 0.6 is 0 Å². The summed E-state index contributed by atoms with van der Waals surface area (Å²) in [5.41, 5.74) is 6.38. The predicted octanol–water partition coefficient (Wildman–Crippen LogP) is 2.04. The number of rotatable bonds is 1. The fraction of sp³-hybridized carbons (Fsp3) is 0.0909. The van der Waals surface area contributed by atoms with Crippen LogP contribution in [0.2, 0.25) is 0 Å². The summed E-state index contributed by atoms with van der Waals surface area (Å²) in [7, 11) is 0. The van der Waals surface area contributed by atoms with E-state index in [0.29, 0.717) is 0 Å². The van der Waals surface area contributed by atoms with Crippen molar-refractivity contribution >= 4 is 16.6 Å². The quantitative estimate of drug-likeness (QED) is 0.597. The van der Waals surface area contributed by atoms with Crippen LogP contribution in [-0.2, 0) is 6.42 Å². The molecule has 0 saturated heterocycles. The first-order valence-corrected chi connectivity index (χ1v) is 4.60. The number of aromatic amines is 1. The van der Waals surface area contributed by atoms with E-state index in [4.69, 9.17) is 5.21 Å². The Kier molecular flexibility index (Phi) is 1.43. The Hall–Kier alpha value is -1.74. The molecule has 0 aliphatic heterocycles. The average Bonchev–Trinajstić information content (AvgIpc) is 2.75. The largest absolute Gasteiger partial charge is 0.353 e. The third-order valence-corrected chi connectivity index (χ3v) is 2.71. The highest BCUT2D eigenvalue weighted by Crippen LogP contribution is 2.31. The number of fused-ring (bicyclic) bond motifs is 3. The SMILES string of the molecule is ONC1=CCc2c1[nH]c1ccccc21. The van der Waals surface area contributed by atoms with Crippen LogP contribution < -0.4 is 5.48 Å². The third kappa shape index (κ3) is 0.845. The van der Waals surface area contributed by atoms with Crippen LogP contribution in [0.4, 0.5) is 0 Å². The molecule has 2 aromatic rings. The Morgan fingerprint density at radius 3 is 3.00 bits per heavy atom. The monoisotopic (exact) mass is 186 g/mol. The number of hydrogen-bond acceptors (Lipinski definition) is 2. The van der Waals surface area contributed by atoms with E-state index in [1.807, 2.05) is 24.3 Å². The van der Waals surface area contributed by atoms with Gasteiger partial charge in [0.15, 0.2) is 0 Å². The number of H-pyrrole nitrogens is 1. The number of benzene rings is 1. The minimum absolute atomic E-state index is 0.774. The molecule has 70 valence electrons. The lowest BCUT2D eigenvalue weighted by atomic mass is 10.1. The van der Waals surface area contributed by atoms with Crippen LogP contribution in [0.3, 0.4) is 0 Å². The van der Waals surface area contributed by atoms with Crippen molar-refractivity contribution in [2.24, 2.45) is 0 Å². The van der Waals surface area contributed by atoms with Gasteiger partial charge in [0.2, 0.25) is 0 Å². The van der Waals surface area contributed by atoms with Crippen molar-refractivity contribution in [2.45, 2.75) is 6.42 Å². The lowest BCUT2D eigenvalue weighted by Gasteiger charge is -1.97. The van der Waals surface area contributed by atoms with E-state index in [0.717, 1.165) is 23.3 Å². The summed E-state index contributed by atoms with van der Waals surface area (Å²) in [5, 5.41) is 10.1. The molecule has 0 radical (unpaired) electrons. The maximum Gasteiger partial charge on any atom is 0.0803 e. The summed E-state index contributed by atoms with van der Waals surface area (Å²) in [6.07, 6.45) is 2.86. The lowest BCUT2D eigenvalue weighted by molar-refractivity contribution is 0.224. The zero-order valence-corrected chi connectivity index (χ0v) is 7.54. The van der Waals surface area contributed by atoms with Gasteiger partial charge in [-0.15, -0.1) is 0 Å². The number of para-hydroxylation sites is 1. The molecular formula is C11H10N2O. The minimum atomic E-state index is 0.774. The van der Waals surface area contributed by atoms with E-state index >= 15 is 0 Å². The van der Waals surface area contributed by atoms with Crippen molar-refractivity contribution in [3.8, 4) is 0 Å². The first kappa shape index (κ1) is 7.64. The van der Waals surface area contributed by atoms with E-state index in [2.05, 4.69) is 16.5 Å². The molecule has 3 nitrogen and oxygen atoms in total. The maximum absolute atomic E-state index is 8.90. The Labute approximate surface area is 81.0 Å². The van der Waals surface area contributed by atoms with Crippen molar-refractivity contribution in [3.05, 3.63) is 41.6 Å². The van der Waals surface area contributed by atoms with Crippen LogP contribution in [0.25, 0.3) is 16.6 Å². The molecule has 0 bridgehead atoms. The molecule has 1 aromatic carbocycles. The van der Waals surface area contributed by atoms with Crippen LogP contribution in [0.5, 0.6) is 0 Å². The van der Waals surface area contributed by atoms with Crippen LogP contribution in [0.15, 0.2) is 30.3 Å². The van der Waals surface area contributed by atoms with Gasteiger partial charge >= 0.3 is 0 Å². The fourth-order valence-electron chi connectivity index (χ4n) is 2.05. The van der Waals surface area contributed by atoms with Gasteiger partial charge < -0.3 is 4.98 Å². The minimum Gasteiger partial charge on any atom is -0.353 e. The molecule has 1 aliphatic carbocycles. The first-order valence-electron chi connectivity index (χ1n) is 4.60. The van der Waals surface area contributed by atoms with Crippen molar-refractivity contribution in [3.63, 3.8) is 0 Å². The smallest absolute Gasteiger partial charge is 0.0803 e. The number of hydrogen-bond donors (Lipinski definition) is 3. The number of aromatic nitrogens is 1. The summed E-state index contributed by atoms with van der Waals surface area (Å²) < 4.78 is 0. The highest BCUT2D eigenvalue weighted by Gasteiger charge is 2.18. The molecule has 0 fully saturated rings. The zero-order chi connectivity index (χ0) is 9.54. The normalized spacial score (nSPS) is 14.2. The van der Waals surface area contributed by atoms with Gasteiger partial charge in [-0.1, -0.05) is 24.3 Å². The molecule has 1 aromatic heterocycles. The Morgan fingerprint density at radius 1 is 1.29 bits per heavy atom. The topological polar surface area (TPSA) is 48.0 Å². The molecule has 0 atom stereocenters. The van der Waals surface area contributed by atoms with Gasteiger partial charge in [0.25, 0.3) is 0 Å².